The summed E-state index contributed by atoms with van der Waals surface area (Å²) in [5, 5.41) is 0. The Balaban J connectivity index is 2.74. The average Bonchev–Trinajstić information content (AvgIpc) is 2.45. The van der Waals surface area contributed by atoms with Crippen LogP contribution in [0.25, 0.3) is 0 Å². The molecule has 0 fully saturated rings. The van der Waals surface area contributed by atoms with Crippen molar-refractivity contribution in [1.82, 2.24) is 4.90 Å². The van der Waals surface area contributed by atoms with Crippen LogP contribution in [0.1, 0.15) is 31.9 Å². The number of para-hydroxylation sites is 1. The summed E-state index contributed by atoms with van der Waals surface area (Å²) < 4.78 is 10.6. The minimum absolute atomic E-state index is 0.120. The maximum atomic E-state index is 12.3. The third-order valence-corrected chi connectivity index (χ3v) is 3.74. The smallest absolute Gasteiger partial charge is 0.331 e. The Hall–Kier alpha value is -2.04. The fourth-order valence-corrected chi connectivity index (χ4v) is 2.01. The molecule has 0 unspecified atom stereocenters. The number of amides is 1. The SMILES string of the molecule is CCOC(=O)C(C)(C)N(C)C(=O)COc1c(C)cccc1C. The number of nitrogens with zero attached hydrogens (tertiary/aromatic N) is 1. The van der Waals surface area contributed by atoms with Gasteiger partial charge >= 0.3 is 5.97 Å². The number of hydrogen-bond donors (Lipinski definition) is 0. The molecule has 1 aromatic carbocycles. The van der Waals surface area contributed by atoms with Gasteiger partial charge in [0.05, 0.1) is 6.61 Å². The summed E-state index contributed by atoms with van der Waals surface area (Å²) in [6.07, 6.45) is 0. The van der Waals surface area contributed by atoms with E-state index in [0.29, 0.717) is 5.75 Å². The minimum atomic E-state index is -1.03. The van der Waals surface area contributed by atoms with Crippen LogP contribution in [0.5, 0.6) is 5.75 Å². The quantitative estimate of drug-likeness (QED) is 0.758. The highest BCUT2D eigenvalue weighted by Gasteiger charge is 2.36. The Labute approximate surface area is 132 Å². The van der Waals surface area contributed by atoms with E-state index in [9.17, 15) is 9.59 Å². The summed E-state index contributed by atoms with van der Waals surface area (Å²) in [7, 11) is 1.58. The van der Waals surface area contributed by atoms with Crippen LogP contribution in [0.4, 0.5) is 0 Å². The van der Waals surface area contributed by atoms with E-state index in [1.807, 2.05) is 32.0 Å². The summed E-state index contributed by atoms with van der Waals surface area (Å²) in [4.78, 5) is 25.6. The van der Waals surface area contributed by atoms with E-state index in [-0.39, 0.29) is 19.1 Å². The van der Waals surface area contributed by atoms with Crippen LogP contribution in [-0.2, 0) is 14.3 Å². The normalized spacial score (nSPS) is 11.0. The summed E-state index contributed by atoms with van der Waals surface area (Å²) in [5.74, 6) is -0.00295. The highest BCUT2D eigenvalue weighted by Crippen LogP contribution is 2.22. The first-order chi connectivity index (χ1) is 10.2. The van der Waals surface area contributed by atoms with Crippen molar-refractivity contribution in [3.8, 4) is 5.75 Å². The van der Waals surface area contributed by atoms with Crippen molar-refractivity contribution in [2.24, 2.45) is 0 Å². The molecule has 122 valence electrons. The Morgan fingerprint density at radius 3 is 2.23 bits per heavy atom. The second-order valence-corrected chi connectivity index (χ2v) is 5.74. The number of carbonyl (C=O) groups is 2. The maximum Gasteiger partial charge on any atom is 0.331 e. The molecule has 5 nitrogen and oxygen atoms in total. The van der Waals surface area contributed by atoms with E-state index in [0.717, 1.165) is 11.1 Å². The molecule has 0 heterocycles. The molecule has 0 aromatic heterocycles. The number of likely N-dealkylation sites (N-methyl/N-ethyl adjacent to an activating group) is 1. The number of aryl methyl sites for hydroxylation is 2. The molecular formula is C17H25NO4. The third kappa shape index (κ3) is 4.00. The molecule has 1 aromatic rings. The molecular weight excluding hydrogens is 282 g/mol. The van der Waals surface area contributed by atoms with Gasteiger partial charge in [-0.2, -0.15) is 0 Å². The molecule has 0 N–H and O–H groups in total. The standard InChI is InChI=1S/C17H25NO4/c1-7-21-16(20)17(4,5)18(6)14(19)11-22-15-12(2)9-8-10-13(15)3/h8-10H,7,11H2,1-6H3. The van der Waals surface area contributed by atoms with Gasteiger partial charge in [-0.05, 0) is 45.7 Å². The number of rotatable bonds is 6. The lowest BCUT2D eigenvalue weighted by Gasteiger charge is -2.33. The molecule has 0 bridgehead atoms. The Morgan fingerprint density at radius 1 is 1.18 bits per heavy atom. The Kier molecular flexibility index (Phi) is 5.97. The van der Waals surface area contributed by atoms with Gasteiger partial charge in [-0.3, -0.25) is 4.79 Å². The van der Waals surface area contributed by atoms with Crippen molar-refractivity contribution in [3.63, 3.8) is 0 Å². The van der Waals surface area contributed by atoms with Gasteiger partial charge < -0.3 is 14.4 Å². The fourth-order valence-electron chi connectivity index (χ4n) is 2.01. The maximum absolute atomic E-state index is 12.3. The zero-order valence-electron chi connectivity index (χ0n) is 14.2. The summed E-state index contributed by atoms with van der Waals surface area (Å²) in [6, 6.07) is 5.80. The molecule has 1 rings (SSSR count). The predicted octanol–water partition coefficient (Wildman–Crippen LogP) is 2.48. The van der Waals surface area contributed by atoms with E-state index in [1.165, 1.54) is 4.90 Å². The highest BCUT2D eigenvalue weighted by molar-refractivity contribution is 5.87. The van der Waals surface area contributed by atoms with Crippen LogP contribution in [0.2, 0.25) is 0 Å². The van der Waals surface area contributed by atoms with E-state index in [1.54, 1.807) is 27.8 Å². The van der Waals surface area contributed by atoms with E-state index < -0.39 is 11.5 Å². The predicted molar refractivity (Wildman–Crippen MR) is 84.9 cm³/mol. The van der Waals surface area contributed by atoms with Crippen molar-refractivity contribution in [2.45, 2.75) is 40.2 Å². The molecule has 0 radical (unpaired) electrons. The summed E-state index contributed by atoms with van der Waals surface area (Å²) in [5.41, 5.74) is 0.914. The van der Waals surface area contributed by atoms with Gasteiger partial charge in [0, 0.05) is 7.05 Å². The number of hydrogen-bond acceptors (Lipinski definition) is 4. The highest BCUT2D eigenvalue weighted by atomic mass is 16.5. The largest absolute Gasteiger partial charge is 0.483 e. The number of ether oxygens (including phenoxy) is 2. The first kappa shape index (κ1) is 18.0. The van der Waals surface area contributed by atoms with Gasteiger partial charge in [-0.15, -0.1) is 0 Å². The van der Waals surface area contributed by atoms with Crippen LogP contribution >= 0.6 is 0 Å². The van der Waals surface area contributed by atoms with Gasteiger partial charge in [-0.25, -0.2) is 4.79 Å². The lowest BCUT2D eigenvalue weighted by atomic mass is 10.0. The van der Waals surface area contributed by atoms with Gasteiger partial charge in [0.15, 0.2) is 6.61 Å². The van der Waals surface area contributed by atoms with Crippen LogP contribution in [0.3, 0.4) is 0 Å². The topological polar surface area (TPSA) is 55.8 Å². The van der Waals surface area contributed by atoms with Gasteiger partial charge in [0.2, 0.25) is 0 Å². The van der Waals surface area contributed by atoms with E-state index in [2.05, 4.69) is 0 Å². The Morgan fingerprint density at radius 2 is 1.73 bits per heavy atom. The molecule has 0 saturated heterocycles. The van der Waals surface area contributed by atoms with Crippen LogP contribution in [0.15, 0.2) is 18.2 Å². The fraction of sp³-hybridized carbons (Fsp3) is 0.529. The molecule has 22 heavy (non-hydrogen) atoms. The number of benzene rings is 1. The summed E-state index contributed by atoms with van der Waals surface area (Å²) >= 11 is 0. The first-order valence-electron chi connectivity index (χ1n) is 7.34. The van der Waals surface area contributed by atoms with Crippen molar-refractivity contribution in [1.29, 1.82) is 0 Å². The molecule has 0 aliphatic rings. The molecule has 0 aliphatic heterocycles. The van der Waals surface area contributed by atoms with Crippen LogP contribution in [-0.4, -0.2) is 42.6 Å². The molecule has 0 saturated carbocycles. The van der Waals surface area contributed by atoms with Crippen molar-refractivity contribution in [3.05, 3.63) is 29.3 Å². The molecule has 1 amide bonds. The minimum Gasteiger partial charge on any atom is -0.483 e. The van der Waals surface area contributed by atoms with Crippen molar-refractivity contribution >= 4 is 11.9 Å². The van der Waals surface area contributed by atoms with E-state index in [4.69, 9.17) is 9.47 Å². The summed E-state index contributed by atoms with van der Waals surface area (Å²) in [6.45, 7) is 9.07. The number of esters is 1. The van der Waals surface area contributed by atoms with Gasteiger partial charge in [0.1, 0.15) is 11.3 Å². The van der Waals surface area contributed by atoms with Crippen molar-refractivity contribution < 1.29 is 19.1 Å². The zero-order chi connectivity index (χ0) is 16.9. The van der Waals surface area contributed by atoms with Crippen LogP contribution in [0, 0.1) is 13.8 Å². The lowest BCUT2D eigenvalue weighted by molar-refractivity contribution is -0.160. The molecule has 5 heteroatoms. The van der Waals surface area contributed by atoms with Crippen LogP contribution < -0.4 is 4.74 Å². The monoisotopic (exact) mass is 307 g/mol. The average molecular weight is 307 g/mol. The Bertz CT molecular complexity index is 531. The molecule has 0 spiro atoms. The zero-order valence-corrected chi connectivity index (χ0v) is 14.2. The second-order valence-electron chi connectivity index (χ2n) is 5.74. The first-order valence-corrected chi connectivity index (χ1v) is 7.34. The number of carbonyl (C=O) groups excluding carboxylic acids is 2. The van der Waals surface area contributed by atoms with Gasteiger partial charge in [-0.1, -0.05) is 18.2 Å². The lowest BCUT2D eigenvalue weighted by Crippen LogP contribution is -2.52. The van der Waals surface area contributed by atoms with Gasteiger partial charge in [0.25, 0.3) is 5.91 Å². The molecule has 0 aliphatic carbocycles. The third-order valence-electron chi connectivity index (χ3n) is 3.74. The van der Waals surface area contributed by atoms with Crippen molar-refractivity contribution in [2.75, 3.05) is 20.3 Å². The second kappa shape index (κ2) is 7.29. The van der Waals surface area contributed by atoms with E-state index >= 15 is 0 Å². The molecule has 0 atom stereocenters.